The Bertz CT molecular complexity index is 1180. The summed E-state index contributed by atoms with van der Waals surface area (Å²) in [6, 6.07) is 25.2. The lowest BCUT2D eigenvalue weighted by molar-refractivity contribution is -0.145. The highest BCUT2D eigenvalue weighted by Gasteiger charge is 2.29. The van der Waals surface area contributed by atoms with Crippen LogP contribution in [0, 0.1) is 0 Å². The first-order chi connectivity index (χ1) is 17.4. The molecule has 0 radical (unpaired) electrons. The quantitative estimate of drug-likeness (QED) is 0.429. The Balaban J connectivity index is 1.28. The molecule has 3 aromatic rings. The van der Waals surface area contributed by atoms with E-state index in [2.05, 4.69) is 29.6 Å². The zero-order valence-electron chi connectivity index (χ0n) is 20.2. The molecule has 3 aromatic carbocycles. The van der Waals surface area contributed by atoms with E-state index < -0.39 is 12.1 Å². The first kappa shape index (κ1) is 25.0. The van der Waals surface area contributed by atoms with E-state index in [-0.39, 0.29) is 44.0 Å². The van der Waals surface area contributed by atoms with Gasteiger partial charge in [-0.05, 0) is 41.2 Å². The molecule has 4 rings (SSSR count). The third kappa shape index (κ3) is 6.10. The lowest BCUT2D eigenvalue weighted by atomic mass is 9.98. The number of hydrogen-bond donors (Lipinski definition) is 2. The summed E-state index contributed by atoms with van der Waals surface area (Å²) in [4.78, 5) is 37.8. The van der Waals surface area contributed by atoms with E-state index in [0.717, 1.165) is 27.8 Å². The summed E-state index contributed by atoms with van der Waals surface area (Å²) in [5.41, 5.74) is 5.46. The molecule has 1 unspecified atom stereocenters. The standard InChI is InChI=1S/C29H30N2O5/c1-20(15-16-27(32)31(18-28(33)34)17-21-9-3-2-4-10-21)30-29(35)36-19-26-24-13-7-5-11-22(24)23-12-6-8-14-25(23)26/h2-14,20,26H,15-19H2,1H3,(H,30,35)(H,33,34). The van der Waals surface area contributed by atoms with Crippen LogP contribution in [0.1, 0.15) is 42.4 Å². The van der Waals surface area contributed by atoms with Gasteiger partial charge in [0.25, 0.3) is 0 Å². The molecule has 0 saturated heterocycles. The van der Waals surface area contributed by atoms with Crippen molar-refractivity contribution in [2.45, 2.75) is 38.3 Å². The van der Waals surface area contributed by atoms with E-state index in [1.54, 1.807) is 6.92 Å². The topological polar surface area (TPSA) is 95.9 Å². The summed E-state index contributed by atoms with van der Waals surface area (Å²) >= 11 is 0. The summed E-state index contributed by atoms with van der Waals surface area (Å²) in [6.07, 6.45) is -0.0534. The van der Waals surface area contributed by atoms with Gasteiger partial charge in [-0.3, -0.25) is 9.59 Å². The number of aliphatic carboxylic acids is 1. The Hall–Kier alpha value is -4.13. The summed E-state index contributed by atoms with van der Waals surface area (Å²) in [6.45, 7) is 1.87. The third-order valence-electron chi connectivity index (χ3n) is 6.39. The average molecular weight is 487 g/mol. The largest absolute Gasteiger partial charge is 0.480 e. The Morgan fingerprint density at radius 1 is 0.917 bits per heavy atom. The van der Waals surface area contributed by atoms with E-state index >= 15 is 0 Å². The number of rotatable bonds is 10. The number of amides is 2. The zero-order chi connectivity index (χ0) is 25.5. The Labute approximate surface area is 210 Å². The van der Waals surface area contributed by atoms with E-state index in [9.17, 15) is 19.5 Å². The number of alkyl carbamates (subject to hydrolysis) is 1. The minimum Gasteiger partial charge on any atom is -0.480 e. The number of benzene rings is 3. The molecule has 0 fully saturated rings. The van der Waals surface area contributed by atoms with E-state index in [4.69, 9.17) is 4.74 Å². The number of ether oxygens (including phenoxy) is 1. The predicted octanol–water partition coefficient (Wildman–Crippen LogP) is 4.81. The molecule has 0 heterocycles. The molecule has 36 heavy (non-hydrogen) atoms. The molecule has 0 aromatic heterocycles. The van der Waals surface area contributed by atoms with Crippen molar-refractivity contribution in [1.82, 2.24) is 10.2 Å². The van der Waals surface area contributed by atoms with E-state index in [0.29, 0.717) is 6.42 Å². The van der Waals surface area contributed by atoms with Gasteiger partial charge in [0.2, 0.25) is 5.91 Å². The molecule has 1 aliphatic carbocycles. The number of hydrogen-bond acceptors (Lipinski definition) is 4. The van der Waals surface area contributed by atoms with Gasteiger partial charge < -0.3 is 20.1 Å². The molecule has 0 bridgehead atoms. The Morgan fingerprint density at radius 3 is 2.11 bits per heavy atom. The fraction of sp³-hybridized carbons (Fsp3) is 0.276. The van der Waals surface area contributed by atoms with Crippen molar-refractivity contribution in [3.63, 3.8) is 0 Å². The number of carbonyl (C=O) groups excluding carboxylic acids is 2. The summed E-state index contributed by atoms with van der Waals surface area (Å²) in [5.74, 6) is -1.37. The molecule has 7 nitrogen and oxygen atoms in total. The lowest BCUT2D eigenvalue weighted by Crippen LogP contribution is -2.37. The van der Waals surface area contributed by atoms with Gasteiger partial charge in [0.15, 0.2) is 0 Å². The van der Waals surface area contributed by atoms with Crippen LogP contribution in [0.25, 0.3) is 11.1 Å². The second-order valence-corrected chi connectivity index (χ2v) is 9.04. The third-order valence-corrected chi connectivity index (χ3v) is 6.39. The van der Waals surface area contributed by atoms with Crippen LogP contribution in [0.3, 0.4) is 0 Å². The van der Waals surface area contributed by atoms with Crippen LogP contribution < -0.4 is 5.32 Å². The molecular formula is C29H30N2O5. The van der Waals surface area contributed by atoms with Gasteiger partial charge in [-0.1, -0.05) is 78.9 Å². The monoisotopic (exact) mass is 486 g/mol. The average Bonchev–Trinajstić information content (AvgIpc) is 3.19. The van der Waals surface area contributed by atoms with Crippen LogP contribution in [-0.2, 0) is 20.9 Å². The van der Waals surface area contributed by atoms with Gasteiger partial charge in [-0.15, -0.1) is 0 Å². The highest BCUT2D eigenvalue weighted by molar-refractivity contribution is 5.81. The first-order valence-corrected chi connectivity index (χ1v) is 12.1. The molecule has 0 aliphatic heterocycles. The number of carboxylic acid groups (broad SMARTS) is 1. The van der Waals surface area contributed by atoms with Gasteiger partial charge in [-0.25, -0.2) is 4.79 Å². The van der Waals surface area contributed by atoms with Crippen molar-refractivity contribution in [2.75, 3.05) is 13.2 Å². The first-order valence-electron chi connectivity index (χ1n) is 12.1. The Kier molecular flexibility index (Phi) is 8.00. The lowest BCUT2D eigenvalue weighted by Gasteiger charge is -2.22. The van der Waals surface area contributed by atoms with Crippen molar-refractivity contribution in [2.24, 2.45) is 0 Å². The van der Waals surface area contributed by atoms with E-state index in [1.807, 2.05) is 54.6 Å². The predicted molar refractivity (Wildman–Crippen MR) is 136 cm³/mol. The highest BCUT2D eigenvalue weighted by Crippen LogP contribution is 2.44. The number of nitrogens with one attached hydrogen (secondary N) is 1. The van der Waals surface area contributed by atoms with Crippen LogP contribution in [0.4, 0.5) is 4.79 Å². The highest BCUT2D eigenvalue weighted by atomic mass is 16.5. The second kappa shape index (κ2) is 11.5. The van der Waals surface area contributed by atoms with Crippen molar-refractivity contribution < 1.29 is 24.2 Å². The van der Waals surface area contributed by atoms with Crippen LogP contribution >= 0.6 is 0 Å². The van der Waals surface area contributed by atoms with Crippen LogP contribution in [0.2, 0.25) is 0 Å². The summed E-state index contributed by atoms with van der Waals surface area (Å²) < 4.78 is 5.57. The number of fused-ring (bicyclic) bond motifs is 3. The maximum absolute atomic E-state index is 12.7. The fourth-order valence-corrected chi connectivity index (χ4v) is 4.61. The molecule has 0 saturated carbocycles. The maximum atomic E-state index is 12.7. The van der Waals surface area contributed by atoms with Crippen molar-refractivity contribution in [1.29, 1.82) is 0 Å². The molecule has 2 amide bonds. The SMILES string of the molecule is CC(CCC(=O)N(CC(=O)O)Cc1ccccc1)NC(=O)OCC1c2ccccc2-c2ccccc21. The fourth-order valence-electron chi connectivity index (χ4n) is 4.61. The number of carbonyl (C=O) groups is 3. The molecular weight excluding hydrogens is 456 g/mol. The minimum absolute atomic E-state index is 0.0254. The molecule has 7 heteroatoms. The van der Waals surface area contributed by atoms with Crippen LogP contribution in [0.5, 0.6) is 0 Å². The van der Waals surface area contributed by atoms with Crippen molar-refractivity contribution in [3.05, 3.63) is 95.6 Å². The van der Waals surface area contributed by atoms with Crippen molar-refractivity contribution >= 4 is 18.0 Å². The van der Waals surface area contributed by atoms with Crippen LogP contribution in [0.15, 0.2) is 78.9 Å². The molecule has 1 aliphatic rings. The number of carboxylic acids is 1. The summed E-state index contributed by atoms with van der Waals surface area (Å²) in [7, 11) is 0. The van der Waals surface area contributed by atoms with Gasteiger partial charge in [-0.2, -0.15) is 0 Å². The van der Waals surface area contributed by atoms with Gasteiger partial charge in [0.1, 0.15) is 13.2 Å². The van der Waals surface area contributed by atoms with Gasteiger partial charge in [0.05, 0.1) is 0 Å². The van der Waals surface area contributed by atoms with E-state index in [1.165, 1.54) is 4.90 Å². The minimum atomic E-state index is -1.07. The van der Waals surface area contributed by atoms with Gasteiger partial charge >= 0.3 is 12.1 Å². The molecule has 0 spiro atoms. The Morgan fingerprint density at radius 2 is 1.50 bits per heavy atom. The van der Waals surface area contributed by atoms with Crippen LogP contribution in [-0.4, -0.2) is 47.2 Å². The maximum Gasteiger partial charge on any atom is 0.407 e. The second-order valence-electron chi connectivity index (χ2n) is 9.04. The molecule has 2 N–H and O–H groups in total. The normalized spacial score (nSPS) is 12.8. The van der Waals surface area contributed by atoms with Crippen molar-refractivity contribution in [3.8, 4) is 11.1 Å². The molecule has 1 atom stereocenters. The van der Waals surface area contributed by atoms with Gasteiger partial charge in [0, 0.05) is 24.9 Å². The smallest absolute Gasteiger partial charge is 0.407 e. The number of nitrogens with zero attached hydrogens (tertiary/aromatic N) is 1. The summed E-state index contributed by atoms with van der Waals surface area (Å²) in [5, 5.41) is 12.0. The molecule has 186 valence electrons. The zero-order valence-corrected chi connectivity index (χ0v) is 20.2.